The van der Waals surface area contributed by atoms with Gasteiger partial charge in [0.05, 0.1) is 5.52 Å². The van der Waals surface area contributed by atoms with Crippen LogP contribution in [0.2, 0.25) is 0 Å². The number of aromatic nitrogens is 1. The Morgan fingerprint density at radius 3 is 2.68 bits per heavy atom. The zero-order valence-corrected chi connectivity index (χ0v) is 12.7. The van der Waals surface area contributed by atoms with Crippen LogP contribution in [0.1, 0.15) is 32.8 Å². The monoisotopic (exact) mass is 274 g/mol. The van der Waals surface area contributed by atoms with Crippen LogP contribution in [0.4, 0.5) is 0 Å². The van der Waals surface area contributed by atoms with Crippen LogP contribution in [0, 0.1) is 0 Å². The molecule has 0 aliphatic heterocycles. The van der Waals surface area contributed by atoms with Gasteiger partial charge in [-0.3, -0.25) is 0 Å². The summed E-state index contributed by atoms with van der Waals surface area (Å²) in [4.78, 5) is 4.81. The summed E-state index contributed by atoms with van der Waals surface area (Å²) in [6.07, 6.45) is 1.90. The quantitative estimate of drug-likeness (QED) is 0.837. The molecule has 102 valence electrons. The molecular weight excluding hydrogens is 252 g/mol. The molecule has 0 aliphatic carbocycles. The van der Waals surface area contributed by atoms with E-state index in [9.17, 15) is 0 Å². The topological polar surface area (TPSA) is 38.9 Å². The summed E-state index contributed by atoms with van der Waals surface area (Å²) in [5.74, 6) is 0. The summed E-state index contributed by atoms with van der Waals surface area (Å²) in [6.45, 7) is 6.53. The average molecular weight is 274 g/mol. The lowest BCUT2D eigenvalue weighted by Gasteiger charge is -2.15. The van der Waals surface area contributed by atoms with Crippen LogP contribution in [-0.4, -0.2) is 16.3 Å². The van der Waals surface area contributed by atoms with Crippen LogP contribution in [0.5, 0.6) is 0 Å². The molecule has 2 rings (SSSR count). The fourth-order valence-corrected chi connectivity index (χ4v) is 2.93. The normalized spacial score (nSPS) is 13.1. The lowest BCUT2D eigenvalue weighted by atomic mass is 10.0. The first-order valence-electron chi connectivity index (χ1n) is 6.91. The Hall–Kier alpha value is -1.06. The maximum Gasteiger partial charge on any atom is 0.100 e. The number of nitrogens with two attached hydrogens (primary N) is 1. The molecule has 0 saturated heterocycles. The maximum atomic E-state index is 6.11. The average Bonchev–Trinajstić information content (AvgIpc) is 2.38. The molecule has 3 heteroatoms. The van der Waals surface area contributed by atoms with E-state index < -0.39 is 0 Å². The largest absolute Gasteiger partial charge is 0.327 e. The second-order valence-corrected chi connectivity index (χ2v) is 6.75. The molecule has 1 aromatic carbocycles. The minimum atomic E-state index is 0.217. The predicted molar refractivity (Wildman–Crippen MR) is 84.7 cm³/mol. The number of nitrogens with zero attached hydrogens (tertiary/aromatic N) is 1. The molecule has 0 spiro atoms. The molecule has 0 radical (unpaired) electrons. The van der Waals surface area contributed by atoms with Crippen LogP contribution in [0.3, 0.4) is 0 Å². The van der Waals surface area contributed by atoms with Crippen molar-refractivity contribution >= 4 is 22.7 Å². The van der Waals surface area contributed by atoms with E-state index in [1.165, 1.54) is 10.9 Å². The van der Waals surface area contributed by atoms with Crippen LogP contribution >= 0.6 is 11.8 Å². The summed E-state index contributed by atoms with van der Waals surface area (Å²) >= 11 is 1.83. The zero-order valence-electron chi connectivity index (χ0n) is 11.9. The number of pyridine rings is 1. The van der Waals surface area contributed by atoms with Gasteiger partial charge in [-0.25, -0.2) is 4.98 Å². The highest BCUT2D eigenvalue weighted by molar-refractivity contribution is 7.99. The van der Waals surface area contributed by atoms with Crippen molar-refractivity contribution in [1.82, 2.24) is 4.98 Å². The molecule has 19 heavy (non-hydrogen) atoms. The lowest BCUT2D eigenvalue weighted by molar-refractivity contribution is 0.638. The molecular formula is C16H22N2S. The van der Waals surface area contributed by atoms with Gasteiger partial charge in [-0.2, -0.15) is 0 Å². The molecule has 0 saturated carbocycles. The van der Waals surface area contributed by atoms with Gasteiger partial charge in [0, 0.05) is 16.7 Å². The smallest absolute Gasteiger partial charge is 0.100 e. The van der Waals surface area contributed by atoms with E-state index >= 15 is 0 Å². The maximum absolute atomic E-state index is 6.11. The van der Waals surface area contributed by atoms with E-state index in [1.807, 2.05) is 17.8 Å². The summed E-state index contributed by atoms with van der Waals surface area (Å²) < 4.78 is 0. The van der Waals surface area contributed by atoms with Crippen LogP contribution in [0.15, 0.2) is 35.4 Å². The van der Waals surface area contributed by atoms with E-state index in [2.05, 4.69) is 45.0 Å². The van der Waals surface area contributed by atoms with Gasteiger partial charge in [0.25, 0.3) is 0 Å². The van der Waals surface area contributed by atoms with Crippen molar-refractivity contribution in [3.63, 3.8) is 0 Å². The zero-order chi connectivity index (χ0) is 13.8. The second-order valence-electron chi connectivity index (χ2n) is 5.18. The van der Waals surface area contributed by atoms with Crippen molar-refractivity contribution < 1.29 is 0 Å². The van der Waals surface area contributed by atoms with Gasteiger partial charge in [-0.15, -0.1) is 11.8 Å². The van der Waals surface area contributed by atoms with E-state index in [4.69, 9.17) is 10.7 Å². The molecule has 2 N–H and O–H groups in total. The van der Waals surface area contributed by atoms with Gasteiger partial charge in [0.1, 0.15) is 5.03 Å². The molecule has 2 nitrogen and oxygen atoms in total. The van der Waals surface area contributed by atoms with Crippen LogP contribution in [0.25, 0.3) is 10.9 Å². The highest BCUT2D eigenvalue weighted by atomic mass is 32.2. The van der Waals surface area contributed by atoms with Crippen molar-refractivity contribution in [1.29, 1.82) is 0 Å². The molecule has 1 aromatic heterocycles. The van der Waals surface area contributed by atoms with Crippen molar-refractivity contribution in [3.8, 4) is 0 Å². The van der Waals surface area contributed by atoms with Gasteiger partial charge in [-0.1, -0.05) is 39.0 Å². The molecule has 0 fully saturated rings. The Labute approximate surface area is 119 Å². The Balaban J connectivity index is 2.44. The first kappa shape index (κ1) is 14.4. The first-order chi connectivity index (χ1) is 9.10. The lowest BCUT2D eigenvalue weighted by Crippen LogP contribution is -2.22. The molecule has 1 unspecified atom stereocenters. The minimum absolute atomic E-state index is 0.217. The highest BCUT2D eigenvalue weighted by Gasteiger charge is 2.12. The number of rotatable bonds is 5. The third-order valence-electron chi connectivity index (χ3n) is 3.12. The van der Waals surface area contributed by atoms with Gasteiger partial charge >= 0.3 is 0 Å². The van der Waals surface area contributed by atoms with Crippen molar-refractivity contribution in [2.24, 2.45) is 5.73 Å². The minimum Gasteiger partial charge on any atom is -0.327 e. The van der Waals surface area contributed by atoms with Crippen molar-refractivity contribution in [2.45, 2.75) is 49.9 Å². The summed E-state index contributed by atoms with van der Waals surface area (Å²) in [6, 6.07) is 10.8. The number of benzene rings is 1. The molecule has 0 amide bonds. The molecule has 0 aliphatic rings. The van der Waals surface area contributed by atoms with E-state index in [0.29, 0.717) is 5.25 Å². The van der Waals surface area contributed by atoms with Crippen molar-refractivity contribution in [3.05, 3.63) is 35.9 Å². The van der Waals surface area contributed by atoms with Gasteiger partial charge < -0.3 is 5.73 Å². The Morgan fingerprint density at radius 1 is 1.26 bits per heavy atom. The van der Waals surface area contributed by atoms with Gasteiger partial charge in [0.2, 0.25) is 0 Å². The number of fused-ring (bicyclic) bond motifs is 1. The third-order valence-corrected chi connectivity index (χ3v) is 4.17. The van der Waals surface area contributed by atoms with E-state index in [0.717, 1.165) is 23.4 Å². The standard InChI is InChI=1S/C16H22N2S/c1-4-14(17)10-13-9-12-7-5-6-8-15(12)18-16(13)19-11(2)3/h5-9,11,14H,4,10,17H2,1-3H3. The molecule has 2 aromatic rings. The summed E-state index contributed by atoms with van der Waals surface area (Å²) in [5.41, 5.74) is 8.46. The van der Waals surface area contributed by atoms with Crippen LogP contribution < -0.4 is 5.73 Å². The molecule has 1 heterocycles. The van der Waals surface area contributed by atoms with E-state index in [1.54, 1.807) is 0 Å². The van der Waals surface area contributed by atoms with Crippen molar-refractivity contribution in [2.75, 3.05) is 0 Å². The number of thioether (sulfide) groups is 1. The summed E-state index contributed by atoms with van der Waals surface area (Å²) in [7, 11) is 0. The Kier molecular flexibility index (Phi) is 4.83. The number of hydrogen-bond donors (Lipinski definition) is 1. The first-order valence-corrected chi connectivity index (χ1v) is 7.79. The van der Waals surface area contributed by atoms with Gasteiger partial charge in [0.15, 0.2) is 0 Å². The third kappa shape index (κ3) is 3.71. The van der Waals surface area contributed by atoms with Gasteiger partial charge in [-0.05, 0) is 30.5 Å². The Morgan fingerprint density at radius 2 is 2.00 bits per heavy atom. The molecule has 1 atom stereocenters. The fraction of sp³-hybridized carbons (Fsp3) is 0.438. The van der Waals surface area contributed by atoms with Crippen LogP contribution in [-0.2, 0) is 6.42 Å². The highest BCUT2D eigenvalue weighted by Crippen LogP contribution is 2.28. The second kappa shape index (κ2) is 6.40. The Bertz CT molecular complexity index is 551. The summed E-state index contributed by atoms with van der Waals surface area (Å²) in [5, 5.41) is 2.87. The predicted octanol–water partition coefficient (Wildman–Crippen LogP) is 4.02. The fourth-order valence-electron chi connectivity index (χ4n) is 2.04. The SMILES string of the molecule is CCC(N)Cc1cc2ccccc2nc1SC(C)C. The van der Waals surface area contributed by atoms with E-state index in [-0.39, 0.29) is 6.04 Å². The number of para-hydroxylation sites is 1. The number of hydrogen-bond acceptors (Lipinski definition) is 3. The molecule has 0 bridgehead atoms.